The van der Waals surface area contributed by atoms with Crippen LogP contribution in [0.4, 0.5) is 0 Å². The summed E-state index contributed by atoms with van der Waals surface area (Å²) in [6.07, 6.45) is 16.8. The molecule has 1 atom stereocenters. The molecule has 0 aromatic heterocycles. The van der Waals surface area contributed by atoms with Gasteiger partial charge in [0.15, 0.2) is 0 Å². The molecule has 1 fully saturated rings. The number of hydrogen-bond acceptors (Lipinski definition) is 4. The molecule has 0 aromatic carbocycles. The summed E-state index contributed by atoms with van der Waals surface area (Å²) >= 11 is 0. The van der Waals surface area contributed by atoms with Gasteiger partial charge in [0.25, 0.3) is 0 Å². The van der Waals surface area contributed by atoms with Crippen molar-refractivity contribution in [2.24, 2.45) is 11.8 Å². The summed E-state index contributed by atoms with van der Waals surface area (Å²) in [6.45, 7) is 5.43. The molecule has 0 spiro atoms. The Labute approximate surface area is 173 Å². The Hall–Kier alpha value is -1.06. The molecule has 1 saturated carbocycles. The molecule has 0 N–H and O–H groups in total. The second kappa shape index (κ2) is 16.9. The van der Waals surface area contributed by atoms with E-state index in [0.717, 1.165) is 51.4 Å². The van der Waals surface area contributed by atoms with Crippen LogP contribution in [-0.4, -0.2) is 25.2 Å². The summed E-state index contributed by atoms with van der Waals surface area (Å²) in [6, 6.07) is 0. The summed E-state index contributed by atoms with van der Waals surface area (Å²) in [5.41, 5.74) is 0. The van der Waals surface area contributed by atoms with Crippen molar-refractivity contribution >= 4 is 11.9 Å². The molecule has 0 amide bonds. The quantitative estimate of drug-likeness (QED) is 0.218. The second-order valence-electron chi connectivity index (χ2n) is 8.41. The van der Waals surface area contributed by atoms with E-state index in [0.29, 0.717) is 25.6 Å². The van der Waals surface area contributed by atoms with Crippen molar-refractivity contribution in [1.29, 1.82) is 0 Å². The minimum absolute atomic E-state index is 0.0312. The number of esters is 2. The van der Waals surface area contributed by atoms with Crippen molar-refractivity contribution in [1.82, 2.24) is 0 Å². The lowest BCUT2D eigenvalue weighted by Crippen LogP contribution is -2.28. The first-order valence-corrected chi connectivity index (χ1v) is 12.0. The van der Waals surface area contributed by atoms with Gasteiger partial charge in [-0.05, 0) is 44.4 Å². The maximum absolute atomic E-state index is 12.7. The van der Waals surface area contributed by atoms with Crippen LogP contribution in [0.5, 0.6) is 0 Å². The Morgan fingerprint density at radius 3 is 2.00 bits per heavy atom. The molecule has 0 heterocycles. The largest absolute Gasteiger partial charge is 0.466 e. The van der Waals surface area contributed by atoms with Crippen molar-refractivity contribution < 1.29 is 19.1 Å². The van der Waals surface area contributed by atoms with Crippen LogP contribution in [0.3, 0.4) is 0 Å². The van der Waals surface area contributed by atoms with Crippen LogP contribution < -0.4 is 0 Å². The lowest BCUT2D eigenvalue weighted by Gasteiger charge is -2.28. The molecule has 1 rings (SSSR count). The van der Waals surface area contributed by atoms with Gasteiger partial charge in [0.2, 0.25) is 0 Å². The zero-order chi connectivity index (χ0) is 20.5. The zero-order valence-corrected chi connectivity index (χ0v) is 18.5. The maximum atomic E-state index is 12.7. The lowest BCUT2D eigenvalue weighted by atomic mass is 9.78. The molecule has 4 nitrogen and oxygen atoms in total. The molecule has 1 unspecified atom stereocenters. The first kappa shape index (κ1) is 25.0. The summed E-state index contributed by atoms with van der Waals surface area (Å²) in [7, 11) is 0. The molecule has 0 saturated heterocycles. The van der Waals surface area contributed by atoms with E-state index in [-0.39, 0.29) is 17.9 Å². The molecule has 0 aromatic rings. The highest BCUT2D eigenvalue weighted by Crippen LogP contribution is 2.33. The molecular formula is C24H44O4. The number of ether oxygens (including phenoxy) is 2. The Kier molecular flexibility index (Phi) is 15.0. The van der Waals surface area contributed by atoms with Gasteiger partial charge < -0.3 is 9.47 Å². The van der Waals surface area contributed by atoms with E-state index in [9.17, 15) is 9.59 Å². The molecule has 4 heteroatoms. The standard InChI is InChI=1S/C24H44O4/c1-3-5-7-12-19-27-23(25)18-14-17-22(21-15-10-9-11-16-21)24(26)28-20-13-8-6-4-2/h21-22H,3-20H2,1-2H3. The summed E-state index contributed by atoms with van der Waals surface area (Å²) in [5.74, 6) is 0.244. The van der Waals surface area contributed by atoms with E-state index in [4.69, 9.17) is 9.47 Å². The lowest BCUT2D eigenvalue weighted by molar-refractivity contribution is -0.152. The van der Waals surface area contributed by atoms with Crippen molar-refractivity contribution in [2.75, 3.05) is 13.2 Å². The van der Waals surface area contributed by atoms with Crippen molar-refractivity contribution in [3.05, 3.63) is 0 Å². The monoisotopic (exact) mass is 396 g/mol. The molecule has 28 heavy (non-hydrogen) atoms. The van der Waals surface area contributed by atoms with E-state index in [2.05, 4.69) is 13.8 Å². The second-order valence-corrected chi connectivity index (χ2v) is 8.41. The molecule has 0 aliphatic heterocycles. The van der Waals surface area contributed by atoms with Crippen LogP contribution in [0.25, 0.3) is 0 Å². The van der Waals surface area contributed by atoms with Gasteiger partial charge in [-0.3, -0.25) is 9.59 Å². The van der Waals surface area contributed by atoms with E-state index in [1.165, 1.54) is 44.9 Å². The third-order valence-electron chi connectivity index (χ3n) is 5.92. The van der Waals surface area contributed by atoms with Crippen molar-refractivity contribution in [3.8, 4) is 0 Å². The maximum Gasteiger partial charge on any atom is 0.309 e. The predicted molar refractivity (Wildman–Crippen MR) is 114 cm³/mol. The van der Waals surface area contributed by atoms with Crippen molar-refractivity contribution in [2.45, 2.75) is 117 Å². The Morgan fingerprint density at radius 2 is 1.39 bits per heavy atom. The molecule has 1 aliphatic carbocycles. The van der Waals surface area contributed by atoms with Gasteiger partial charge in [0.05, 0.1) is 19.1 Å². The topological polar surface area (TPSA) is 52.6 Å². The average Bonchev–Trinajstić information content (AvgIpc) is 2.71. The van der Waals surface area contributed by atoms with Gasteiger partial charge in [-0.2, -0.15) is 0 Å². The molecule has 1 aliphatic rings. The molecule has 0 bridgehead atoms. The minimum Gasteiger partial charge on any atom is -0.466 e. The van der Waals surface area contributed by atoms with Gasteiger partial charge in [-0.25, -0.2) is 0 Å². The fraction of sp³-hybridized carbons (Fsp3) is 0.917. The van der Waals surface area contributed by atoms with Gasteiger partial charge in [-0.15, -0.1) is 0 Å². The highest BCUT2D eigenvalue weighted by atomic mass is 16.5. The minimum atomic E-state index is -0.119. The average molecular weight is 397 g/mol. The molecule has 164 valence electrons. The Balaban J connectivity index is 2.32. The van der Waals surface area contributed by atoms with E-state index >= 15 is 0 Å². The van der Waals surface area contributed by atoms with Gasteiger partial charge in [0.1, 0.15) is 0 Å². The number of hydrogen-bond donors (Lipinski definition) is 0. The van der Waals surface area contributed by atoms with Crippen molar-refractivity contribution in [3.63, 3.8) is 0 Å². The van der Waals surface area contributed by atoms with E-state index < -0.39 is 0 Å². The fourth-order valence-electron chi connectivity index (χ4n) is 4.14. The first-order valence-electron chi connectivity index (χ1n) is 12.0. The van der Waals surface area contributed by atoms with Gasteiger partial charge in [0, 0.05) is 6.42 Å². The predicted octanol–water partition coefficient (Wildman–Crippen LogP) is 6.60. The summed E-state index contributed by atoms with van der Waals surface area (Å²) < 4.78 is 10.9. The molecule has 0 radical (unpaired) electrons. The number of carbonyl (C=O) groups excluding carboxylic acids is 2. The third kappa shape index (κ3) is 11.7. The number of rotatable bonds is 16. The highest BCUT2D eigenvalue weighted by Gasteiger charge is 2.30. The Morgan fingerprint density at radius 1 is 0.786 bits per heavy atom. The van der Waals surface area contributed by atoms with E-state index in [1.807, 2.05) is 0 Å². The van der Waals surface area contributed by atoms with Gasteiger partial charge >= 0.3 is 11.9 Å². The van der Waals surface area contributed by atoms with Crippen LogP contribution in [-0.2, 0) is 19.1 Å². The zero-order valence-electron chi connectivity index (χ0n) is 18.5. The molecular weight excluding hydrogens is 352 g/mol. The van der Waals surface area contributed by atoms with Crippen LogP contribution in [0.15, 0.2) is 0 Å². The first-order chi connectivity index (χ1) is 13.7. The van der Waals surface area contributed by atoms with Gasteiger partial charge in [-0.1, -0.05) is 71.6 Å². The number of carbonyl (C=O) groups is 2. The number of unbranched alkanes of at least 4 members (excludes halogenated alkanes) is 6. The Bertz CT molecular complexity index is 401. The normalized spacial score (nSPS) is 15.9. The van der Waals surface area contributed by atoms with Crippen LogP contribution in [0.1, 0.15) is 117 Å². The van der Waals surface area contributed by atoms with Crippen LogP contribution in [0.2, 0.25) is 0 Å². The smallest absolute Gasteiger partial charge is 0.309 e. The van der Waals surface area contributed by atoms with Crippen LogP contribution in [0, 0.1) is 11.8 Å². The van der Waals surface area contributed by atoms with Crippen LogP contribution >= 0.6 is 0 Å². The SMILES string of the molecule is CCCCCCOC(=O)CCCC(C(=O)OCCCCCC)C1CCCCC1. The summed E-state index contributed by atoms with van der Waals surface area (Å²) in [4.78, 5) is 24.6. The summed E-state index contributed by atoms with van der Waals surface area (Å²) in [5, 5.41) is 0. The van der Waals surface area contributed by atoms with E-state index in [1.54, 1.807) is 0 Å². The highest BCUT2D eigenvalue weighted by molar-refractivity contribution is 5.73. The fourth-order valence-corrected chi connectivity index (χ4v) is 4.14. The third-order valence-corrected chi connectivity index (χ3v) is 5.92.